The van der Waals surface area contributed by atoms with E-state index in [4.69, 9.17) is 17.3 Å². The molecule has 4 nitrogen and oxygen atoms in total. The second-order valence-corrected chi connectivity index (χ2v) is 6.60. The lowest BCUT2D eigenvalue weighted by Gasteiger charge is -2.37. The van der Waals surface area contributed by atoms with E-state index in [-0.39, 0.29) is 11.9 Å². The Balaban J connectivity index is 1.85. The van der Waals surface area contributed by atoms with Gasteiger partial charge in [-0.3, -0.25) is 4.79 Å². The third-order valence-corrected chi connectivity index (χ3v) is 4.63. The molecule has 1 amide bonds. The summed E-state index contributed by atoms with van der Waals surface area (Å²) in [5, 5.41) is 0.743. The van der Waals surface area contributed by atoms with Crippen LogP contribution >= 0.6 is 23.4 Å². The molecular weight excluding hydrogens is 306 g/mol. The Hall–Kier alpha value is -0.910. The molecular formula is C15H22ClN3OS. The van der Waals surface area contributed by atoms with Gasteiger partial charge in [0.15, 0.2) is 0 Å². The minimum absolute atomic E-state index is 0.0832. The number of amides is 1. The highest BCUT2D eigenvalue weighted by Gasteiger charge is 2.24. The average molecular weight is 328 g/mol. The number of rotatable bonds is 5. The summed E-state index contributed by atoms with van der Waals surface area (Å²) in [6.45, 7) is 3.13. The van der Waals surface area contributed by atoms with Crippen molar-refractivity contribution in [2.75, 3.05) is 43.1 Å². The maximum atomic E-state index is 12.2. The van der Waals surface area contributed by atoms with Crippen molar-refractivity contribution in [1.29, 1.82) is 0 Å². The van der Waals surface area contributed by atoms with E-state index in [2.05, 4.69) is 4.90 Å². The molecule has 1 saturated heterocycles. The number of hydrogen-bond acceptors (Lipinski definition) is 4. The predicted octanol–water partition coefficient (Wildman–Crippen LogP) is 2.07. The number of piperazine rings is 1. The smallest absolute Gasteiger partial charge is 0.239 e. The van der Waals surface area contributed by atoms with E-state index in [0.717, 1.165) is 49.1 Å². The molecule has 0 bridgehead atoms. The number of carbonyl (C=O) groups is 1. The molecule has 1 aromatic carbocycles. The average Bonchev–Trinajstić information content (AvgIpc) is 2.53. The van der Waals surface area contributed by atoms with Crippen LogP contribution in [0.3, 0.4) is 0 Å². The Kier molecular flexibility index (Phi) is 6.21. The first-order valence-corrected chi connectivity index (χ1v) is 8.93. The Bertz CT molecular complexity index is 460. The van der Waals surface area contributed by atoms with Gasteiger partial charge >= 0.3 is 0 Å². The Morgan fingerprint density at radius 3 is 2.48 bits per heavy atom. The lowest BCUT2D eigenvalue weighted by molar-refractivity contribution is -0.132. The Labute approximate surface area is 135 Å². The summed E-state index contributed by atoms with van der Waals surface area (Å²) in [4.78, 5) is 16.4. The van der Waals surface area contributed by atoms with Crippen LogP contribution in [0.1, 0.15) is 6.42 Å². The molecule has 1 aliphatic rings. The summed E-state index contributed by atoms with van der Waals surface area (Å²) >= 11 is 7.63. The summed E-state index contributed by atoms with van der Waals surface area (Å²) in [6.07, 6.45) is 2.78. The number of nitrogens with zero attached hydrogens (tertiary/aromatic N) is 2. The number of nitrogens with two attached hydrogens (primary N) is 1. The molecule has 1 heterocycles. The van der Waals surface area contributed by atoms with Crippen LogP contribution in [-0.2, 0) is 4.79 Å². The number of thioether (sulfide) groups is 1. The molecule has 2 N–H and O–H groups in total. The van der Waals surface area contributed by atoms with Crippen LogP contribution in [0.2, 0.25) is 5.02 Å². The van der Waals surface area contributed by atoms with Crippen LogP contribution in [0, 0.1) is 0 Å². The molecule has 1 aliphatic heterocycles. The van der Waals surface area contributed by atoms with Crippen molar-refractivity contribution in [1.82, 2.24) is 4.90 Å². The molecule has 0 spiro atoms. The molecule has 116 valence electrons. The van der Waals surface area contributed by atoms with Gasteiger partial charge in [0, 0.05) is 36.9 Å². The summed E-state index contributed by atoms with van der Waals surface area (Å²) < 4.78 is 0. The predicted molar refractivity (Wildman–Crippen MR) is 91.2 cm³/mol. The maximum Gasteiger partial charge on any atom is 0.239 e. The summed E-state index contributed by atoms with van der Waals surface area (Å²) in [6, 6.07) is 7.47. The second kappa shape index (κ2) is 7.92. The van der Waals surface area contributed by atoms with Crippen LogP contribution in [0.15, 0.2) is 24.3 Å². The van der Waals surface area contributed by atoms with Crippen molar-refractivity contribution >= 4 is 35.0 Å². The van der Waals surface area contributed by atoms with Crippen LogP contribution < -0.4 is 10.6 Å². The van der Waals surface area contributed by atoms with Gasteiger partial charge in [-0.25, -0.2) is 0 Å². The van der Waals surface area contributed by atoms with Crippen molar-refractivity contribution in [3.8, 4) is 0 Å². The standard InChI is InChI=1S/C15H22ClN3OS/c1-21-11-6-14(17)15(20)19-9-7-18(8-10-19)13-4-2-12(16)3-5-13/h2-5,14H,6-11,17H2,1H3/t14-/m0/s1. The fourth-order valence-electron chi connectivity index (χ4n) is 2.44. The van der Waals surface area contributed by atoms with Gasteiger partial charge in [0.25, 0.3) is 0 Å². The molecule has 1 aromatic rings. The van der Waals surface area contributed by atoms with Gasteiger partial charge in [0.1, 0.15) is 0 Å². The first kappa shape index (κ1) is 16.5. The third kappa shape index (κ3) is 4.53. The normalized spacial score (nSPS) is 16.9. The van der Waals surface area contributed by atoms with E-state index >= 15 is 0 Å². The van der Waals surface area contributed by atoms with E-state index < -0.39 is 0 Å². The minimum atomic E-state index is -0.362. The van der Waals surface area contributed by atoms with Gasteiger partial charge < -0.3 is 15.5 Å². The van der Waals surface area contributed by atoms with Gasteiger partial charge in [0.2, 0.25) is 5.91 Å². The van der Waals surface area contributed by atoms with Crippen molar-refractivity contribution in [2.45, 2.75) is 12.5 Å². The molecule has 21 heavy (non-hydrogen) atoms. The number of hydrogen-bond donors (Lipinski definition) is 1. The number of anilines is 1. The van der Waals surface area contributed by atoms with Gasteiger partial charge in [0.05, 0.1) is 6.04 Å². The lowest BCUT2D eigenvalue weighted by Crippen LogP contribution is -2.53. The zero-order valence-electron chi connectivity index (χ0n) is 12.3. The minimum Gasteiger partial charge on any atom is -0.368 e. The molecule has 6 heteroatoms. The zero-order valence-corrected chi connectivity index (χ0v) is 13.9. The molecule has 0 aliphatic carbocycles. The van der Waals surface area contributed by atoms with Gasteiger partial charge in [-0.2, -0.15) is 11.8 Å². The summed E-state index contributed by atoms with van der Waals surface area (Å²) in [7, 11) is 0. The summed E-state index contributed by atoms with van der Waals surface area (Å²) in [5.74, 6) is 1.01. The molecule has 0 saturated carbocycles. The highest BCUT2D eigenvalue weighted by molar-refractivity contribution is 7.98. The quantitative estimate of drug-likeness (QED) is 0.899. The molecule has 0 unspecified atom stereocenters. The number of halogens is 1. The molecule has 2 rings (SSSR count). The van der Waals surface area contributed by atoms with E-state index in [1.54, 1.807) is 11.8 Å². The number of benzene rings is 1. The van der Waals surface area contributed by atoms with E-state index in [1.807, 2.05) is 35.4 Å². The van der Waals surface area contributed by atoms with Gasteiger partial charge in [-0.05, 0) is 42.7 Å². The van der Waals surface area contributed by atoms with Crippen molar-refractivity contribution in [2.24, 2.45) is 5.73 Å². The Morgan fingerprint density at radius 1 is 1.29 bits per heavy atom. The van der Waals surface area contributed by atoms with E-state index in [9.17, 15) is 4.79 Å². The maximum absolute atomic E-state index is 12.2. The van der Waals surface area contributed by atoms with Crippen LogP contribution in [0.4, 0.5) is 5.69 Å². The SMILES string of the molecule is CSCC[C@H](N)C(=O)N1CCN(c2ccc(Cl)cc2)CC1. The highest BCUT2D eigenvalue weighted by atomic mass is 35.5. The molecule has 0 radical (unpaired) electrons. The molecule has 0 aromatic heterocycles. The topological polar surface area (TPSA) is 49.6 Å². The Morgan fingerprint density at radius 2 is 1.90 bits per heavy atom. The zero-order chi connectivity index (χ0) is 15.2. The van der Waals surface area contributed by atoms with Gasteiger partial charge in [-0.1, -0.05) is 11.6 Å². The van der Waals surface area contributed by atoms with Crippen molar-refractivity contribution < 1.29 is 4.79 Å². The van der Waals surface area contributed by atoms with Crippen LogP contribution in [0.5, 0.6) is 0 Å². The number of carbonyl (C=O) groups excluding carboxylic acids is 1. The monoisotopic (exact) mass is 327 g/mol. The fourth-order valence-corrected chi connectivity index (χ4v) is 3.06. The molecule has 1 fully saturated rings. The largest absolute Gasteiger partial charge is 0.368 e. The van der Waals surface area contributed by atoms with E-state index in [1.165, 1.54) is 0 Å². The third-order valence-electron chi connectivity index (χ3n) is 3.73. The van der Waals surface area contributed by atoms with Gasteiger partial charge in [-0.15, -0.1) is 0 Å². The van der Waals surface area contributed by atoms with Crippen molar-refractivity contribution in [3.05, 3.63) is 29.3 Å². The second-order valence-electron chi connectivity index (χ2n) is 5.18. The molecule has 1 atom stereocenters. The fraction of sp³-hybridized carbons (Fsp3) is 0.533. The highest BCUT2D eigenvalue weighted by Crippen LogP contribution is 2.19. The van der Waals surface area contributed by atoms with Crippen molar-refractivity contribution in [3.63, 3.8) is 0 Å². The van der Waals surface area contributed by atoms with E-state index in [0.29, 0.717) is 0 Å². The van der Waals surface area contributed by atoms with Crippen LogP contribution in [0.25, 0.3) is 0 Å². The first-order chi connectivity index (χ1) is 10.1. The van der Waals surface area contributed by atoms with Crippen LogP contribution in [-0.4, -0.2) is 55.0 Å². The first-order valence-electron chi connectivity index (χ1n) is 7.15. The lowest BCUT2D eigenvalue weighted by atomic mass is 10.2. The summed E-state index contributed by atoms with van der Waals surface area (Å²) in [5.41, 5.74) is 7.11.